The number of sulfonamides is 1. The summed E-state index contributed by atoms with van der Waals surface area (Å²) >= 11 is 0. The number of hydrogen-bond acceptors (Lipinski definition) is 2. The van der Waals surface area contributed by atoms with Crippen LogP contribution in [0, 0.1) is 12.8 Å². The minimum atomic E-state index is -3.47. The molecule has 1 fully saturated rings. The van der Waals surface area contributed by atoms with Gasteiger partial charge in [0, 0.05) is 36.7 Å². The van der Waals surface area contributed by atoms with Crippen molar-refractivity contribution in [3.05, 3.63) is 30.0 Å². The van der Waals surface area contributed by atoms with Gasteiger partial charge in [0.15, 0.2) is 0 Å². The van der Waals surface area contributed by atoms with Crippen molar-refractivity contribution in [2.75, 3.05) is 7.05 Å². The molecule has 3 rings (SSSR count). The van der Waals surface area contributed by atoms with Crippen LogP contribution in [-0.4, -0.2) is 30.4 Å². The number of para-hydroxylation sites is 1. The average molecular weight is 306 g/mol. The second-order valence-electron chi connectivity index (χ2n) is 6.09. The van der Waals surface area contributed by atoms with Gasteiger partial charge in [-0.05, 0) is 38.7 Å². The molecule has 2 aromatic rings. The third-order valence-electron chi connectivity index (χ3n) is 4.86. The number of aryl methyl sites for hydroxylation is 1. The summed E-state index contributed by atoms with van der Waals surface area (Å²) in [5, 5.41) is 0.812. The minimum absolute atomic E-state index is 0.0633. The molecule has 1 aromatic heterocycles. The molecule has 0 N–H and O–H groups in total. The van der Waals surface area contributed by atoms with Crippen LogP contribution in [0.4, 0.5) is 0 Å². The van der Waals surface area contributed by atoms with E-state index in [1.807, 2.05) is 49.7 Å². The van der Waals surface area contributed by atoms with Crippen LogP contribution in [0.2, 0.25) is 0 Å². The first-order chi connectivity index (χ1) is 9.85. The molecule has 4 nitrogen and oxygen atoms in total. The predicted molar refractivity (Wildman–Crippen MR) is 84.8 cm³/mol. The fourth-order valence-corrected chi connectivity index (χ4v) is 4.91. The Balaban J connectivity index is 2.17. The zero-order chi connectivity index (χ0) is 15.4. The molecule has 1 aliphatic carbocycles. The van der Waals surface area contributed by atoms with Crippen LogP contribution in [0.15, 0.2) is 29.2 Å². The number of nitrogens with zero attached hydrogens (tertiary/aromatic N) is 2. The fourth-order valence-electron chi connectivity index (χ4n) is 3.05. The molecule has 1 aromatic carbocycles. The molecule has 1 heterocycles. The normalized spacial score (nSPS) is 17.6. The molecule has 0 saturated heterocycles. The molecule has 1 saturated carbocycles. The lowest BCUT2D eigenvalue weighted by molar-refractivity contribution is 0.357. The van der Waals surface area contributed by atoms with Gasteiger partial charge >= 0.3 is 0 Å². The Morgan fingerprint density at radius 2 is 1.90 bits per heavy atom. The molecule has 0 spiro atoms. The highest BCUT2D eigenvalue weighted by molar-refractivity contribution is 7.89. The van der Waals surface area contributed by atoms with Crippen LogP contribution in [0.25, 0.3) is 10.9 Å². The maximum atomic E-state index is 13.1. The van der Waals surface area contributed by atoms with Gasteiger partial charge in [0.05, 0.1) is 0 Å². The fraction of sp³-hybridized carbons (Fsp3) is 0.500. The van der Waals surface area contributed by atoms with Crippen molar-refractivity contribution in [3.8, 4) is 0 Å². The lowest BCUT2D eigenvalue weighted by atomic mass is 10.2. The van der Waals surface area contributed by atoms with Crippen molar-refractivity contribution >= 4 is 20.9 Å². The third kappa shape index (κ3) is 2.19. The van der Waals surface area contributed by atoms with Gasteiger partial charge in [-0.1, -0.05) is 18.2 Å². The molecule has 0 aliphatic heterocycles. The zero-order valence-electron chi connectivity index (χ0n) is 13.0. The molecule has 0 unspecified atom stereocenters. The second kappa shape index (κ2) is 4.85. The van der Waals surface area contributed by atoms with Gasteiger partial charge in [0.2, 0.25) is 10.0 Å². The quantitative estimate of drug-likeness (QED) is 0.871. The van der Waals surface area contributed by atoms with Crippen LogP contribution in [-0.2, 0) is 17.1 Å². The van der Waals surface area contributed by atoms with Crippen LogP contribution in [0.5, 0.6) is 0 Å². The first-order valence-electron chi connectivity index (χ1n) is 7.37. The molecule has 1 aliphatic rings. The summed E-state index contributed by atoms with van der Waals surface area (Å²) in [6.07, 6.45) is 2.27. The third-order valence-corrected chi connectivity index (χ3v) is 6.98. The van der Waals surface area contributed by atoms with E-state index < -0.39 is 10.0 Å². The van der Waals surface area contributed by atoms with Crippen molar-refractivity contribution in [1.29, 1.82) is 0 Å². The van der Waals surface area contributed by atoms with Crippen molar-refractivity contribution in [2.45, 2.75) is 37.6 Å². The summed E-state index contributed by atoms with van der Waals surface area (Å²) in [6.45, 7) is 3.89. The standard InChI is InChI=1S/C16H22N2O2S/c1-11(13-9-10-13)18(4)21(19,20)16-12(2)17(3)15-8-6-5-7-14(15)16/h5-8,11,13H,9-10H2,1-4H3/t11-/m0/s1. The van der Waals surface area contributed by atoms with E-state index >= 15 is 0 Å². The van der Waals surface area contributed by atoms with Crippen LogP contribution in [0.1, 0.15) is 25.5 Å². The highest BCUT2D eigenvalue weighted by Crippen LogP contribution is 2.38. The number of aromatic nitrogens is 1. The van der Waals surface area contributed by atoms with Crippen molar-refractivity contribution in [1.82, 2.24) is 8.87 Å². The van der Waals surface area contributed by atoms with E-state index in [4.69, 9.17) is 0 Å². The van der Waals surface area contributed by atoms with Gasteiger partial charge in [-0.25, -0.2) is 8.42 Å². The van der Waals surface area contributed by atoms with Gasteiger partial charge in [-0.2, -0.15) is 4.31 Å². The second-order valence-corrected chi connectivity index (χ2v) is 8.02. The van der Waals surface area contributed by atoms with Crippen LogP contribution >= 0.6 is 0 Å². The smallest absolute Gasteiger partial charge is 0.245 e. The number of benzene rings is 1. The highest BCUT2D eigenvalue weighted by atomic mass is 32.2. The van der Waals surface area contributed by atoms with E-state index in [-0.39, 0.29) is 6.04 Å². The van der Waals surface area contributed by atoms with Crippen molar-refractivity contribution in [3.63, 3.8) is 0 Å². The first kappa shape index (κ1) is 14.6. The summed E-state index contributed by atoms with van der Waals surface area (Å²) in [5.41, 5.74) is 1.76. The van der Waals surface area contributed by atoms with E-state index in [1.165, 1.54) is 0 Å². The molecule has 21 heavy (non-hydrogen) atoms. The SMILES string of the molecule is Cc1c(S(=O)(=O)N(C)[C@@H](C)C2CC2)c2ccccc2n1C. The van der Waals surface area contributed by atoms with Gasteiger partial charge in [0.25, 0.3) is 0 Å². The Morgan fingerprint density at radius 3 is 2.52 bits per heavy atom. The van der Waals surface area contributed by atoms with Gasteiger partial charge in [-0.15, -0.1) is 0 Å². The number of fused-ring (bicyclic) bond motifs is 1. The molecule has 5 heteroatoms. The summed E-state index contributed by atoms with van der Waals surface area (Å²) in [7, 11) is 0.158. The van der Waals surface area contributed by atoms with E-state index in [1.54, 1.807) is 11.4 Å². The largest absolute Gasteiger partial charge is 0.347 e. The van der Waals surface area contributed by atoms with E-state index in [9.17, 15) is 8.42 Å². The molecule has 0 bridgehead atoms. The first-order valence-corrected chi connectivity index (χ1v) is 8.81. The molecule has 114 valence electrons. The monoisotopic (exact) mass is 306 g/mol. The summed E-state index contributed by atoms with van der Waals surface area (Å²) in [6, 6.07) is 7.75. The Bertz CT molecular complexity index is 788. The lowest BCUT2D eigenvalue weighted by Crippen LogP contribution is -2.36. The Morgan fingerprint density at radius 1 is 1.29 bits per heavy atom. The Hall–Kier alpha value is -1.33. The molecular formula is C16H22N2O2S. The topological polar surface area (TPSA) is 42.3 Å². The van der Waals surface area contributed by atoms with Crippen molar-refractivity contribution in [2.24, 2.45) is 13.0 Å². The Kier molecular flexibility index (Phi) is 3.37. The van der Waals surface area contributed by atoms with Gasteiger partial charge < -0.3 is 4.57 Å². The van der Waals surface area contributed by atoms with Crippen LogP contribution in [0.3, 0.4) is 0 Å². The molecular weight excluding hydrogens is 284 g/mol. The molecule has 0 amide bonds. The van der Waals surface area contributed by atoms with Gasteiger partial charge in [-0.3, -0.25) is 0 Å². The maximum absolute atomic E-state index is 13.1. The lowest BCUT2D eigenvalue weighted by Gasteiger charge is -2.24. The highest BCUT2D eigenvalue weighted by Gasteiger charge is 2.37. The van der Waals surface area contributed by atoms with Crippen LogP contribution < -0.4 is 0 Å². The summed E-state index contributed by atoms with van der Waals surface area (Å²) in [4.78, 5) is 0.454. The van der Waals surface area contributed by atoms with E-state index in [0.29, 0.717) is 10.8 Å². The zero-order valence-corrected chi connectivity index (χ0v) is 13.8. The minimum Gasteiger partial charge on any atom is -0.347 e. The predicted octanol–water partition coefficient (Wildman–Crippen LogP) is 2.91. The number of rotatable bonds is 4. The number of hydrogen-bond donors (Lipinski definition) is 0. The molecule has 0 radical (unpaired) electrons. The summed E-state index contributed by atoms with van der Waals surface area (Å²) < 4.78 is 29.6. The van der Waals surface area contributed by atoms with Crippen molar-refractivity contribution < 1.29 is 8.42 Å². The average Bonchev–Trinajstić information content (AvgIpc) is 3.26. The maximum Gasteiger partial charge on any atom is 0.245 e. The van der Waals surface area contributed by atoms with Gasteiger partial charge in [0.1, 0.15) is 4.90 Å². The Labute approximate surface area is 126 Å². The summed E-state index contributed by atoms with van der Waals surface area (Å²) in [5.74, 6) is 0.514. The van der Waals surface area contributed by atoms with E-state index in [0.717, 1.165) is 29.4 Å². The molecule has 1 atom stereocenters. The van der Waals surface area contributed by atoms with E-state index in [2.05, 4.69) is 0 Å².